The Bertz CT molecular complexity index is 1080. The Morgan fingerprint density at radius 1 is 1.30 bits per heavy atom. The van der Waals surface area contributed by atoms with Crippen LogP contribution < -0.4 is 15.2 Å². The van der Waals surface area contributed by atoms with Gasteiger partial charge in [0.25, 0.3) is 5.56 Å². The summed E-state index contributed by atoms with van der Waals surface area (Å²) in [6, 6.07) is 7.42. The standard InChI is InChI=1S/C21H26N6O3/c1-29-15-6-7-18-14(11-15)12-17(21(28)22-18)19(26-8-2-3-9-26)20-23-24-25-27(20)13-16-5-4-10-30-16/h6-7,11-12,16,19H,2-5,8-10,13H2,1H3,(H,22,28)/p+1/t16-,19-/m1/s1. The third kappa shape index (κ3) is 3.59. The lowest BCUT2D eigenvalue weighted by molar-refractivity contribution is -0.914. The zero-order valence-electron chi connectivity index (χ0n) is 17.1. The molecule has 9 nitrogen and oxygen atoms in total. The molecule has 5 rings (SSSR count). The summed E-state index contributed by atoms with van der Waals surface area (Å²) in [4.78, 5) is 17.5. The summed E-state index contributed by atoms with van der Waals surface area (Å²) in [6.07, 6.45) is 4.48. The highest BCUT2D eigenvalue weighted by atomic mass is 16.5. The number of pyridine rings is 1. The van der Waals surface area contributed by atoms with Crippen molar-refractivity contribution in [3.05, 3.63) is 46.0 Å². The van der Waals surface area contributed by atoms with Crippen LogP contribution in [0, 0.1) is 0 Å². The molecule has 2 saturated heterocycles. The van der Waals surface area contributed by atoms with Crippen LogP contribution in [0.5, 0.6) is 5.75 Å². The molecule has 0 aliphatic carbocycles. The number of hydrogen-bond acceptors (Lipinski definition) is 6. The van der Waals surface area contributed by atoms with Crippen LogP contribution in [0.1, 0.15) is 43.1 Å². The number of quaternary nitrogens is 1. The molecule has 0 unspecified atom stereocenters. The van der Waals surface area contributed by atoms with Crippen molar-refractivity contribution in [2.24, 2.45) is 0 Å². The second-order valence-electron chi connectivity index (χ2n) is 8.16. The normalized spacial score (nSPS) is 20.8. The molecule has 2 N–H and O–H groups in total. The number of likely N-dealkylation sites (tertiary alicyclic amines) is 1. The number of fused-ring (bicyclic) bond motifs is 1. The maximum Gasteiger partial charge on any atom is 0.258 e. The molecule has 2 aromatic heterocycles. The lowest BCUT2D eigenvalue weighted by atomic mass is 10.0. The van der Waals surface area contributed by atoms with Crippen molar-refractivity contribution in [3.8, 4) is 5.75 Å². The van der Waals surface area contributed by atoms with Crippen molar-refractivity contribution >= 4 is 10.9 Å². The van der Waals surface area contributed by atoms with Gasteiger partial charge in [-0.15, -0.1) is 5.10 Å². The average molecular weight is 411 g/mol. The van der Waals surface area contributed by atoms with E-state index >= 15 is 0 Å². The highest BCUT2D eigenvalue weighted by molar-refractivity contribution is 5.80. The van der Waals surface area contributed by atoms with Crippen LogP contribution in [0.25, 0.3) is 10.9 Å². The number of H-pyrrole nitrogens is 1. The van der Waals surface area contributed by atoms with Crippen molar-refractivity contribution in [2.45, 2.75) is 44.4 Å². The van der Waals surface area contributed by atoms with Crippen LogP contribution in [-0.2, 0) is 11.3 Å². The third-order valence-corrected chi connectivity index (χ3v) is 6.26. The van der Waals surface area contributed by atoms with Gasteiger partial charge in [-0.25, -0.2) is 4.68 Å². The second kappa shape index (κ2) is 8.16. The van der Waals surface area contributed by atoms with E-state index in [1.807, 2.05) is 28.9 Å². The minimum absolute atomic E-state index is 0.0938. The van der Waals surface area contributed by atoms with E-state index in [0.717, 1.165) is 67.9 Å². The first-order valence-electron chi connectivity index (χ1n) is 10.7. The van der Waals surface area contributed by atoms with Crippen molar-refractivity contribution in [1.29, 1.82) is 0 Å². The van der Waals surface area contributed by atoms with E-state index in [-0.39, 0.29) is 17.7 Å². The van der Waals surface area contributed by atoms with Gasteiger partial charge in [-0.3, -0.25) is 4.79 Å². The Labute approximate surface area is 174 Å². The number of methoxy groups -OCH3 is 1. The molecule has 9 heteroatoms. The first-order chi connectivity index (χ1) is 14.7. The van der Waals surface area contributed by atoms with Gasteiger partial charge < -0.3 is 19.4 Å². The van der Waals surface area contributed by atoms with Crippen LogP contribution in [0.2, 0.25) is 0 Å². The van der Waals surface area contributed by atoms with E-state index in [0.29, 0.717) is 12.1 Å². The number of rotatable bonds is 6. The molecule has 2 aliphatic rings. The lowest BCUT2D eigenvalue weighted by Crippen LogP contribution is -3.10. The van der Waals surface area contributed by atoms with Crippen LogP contribution in [0.4, 0.5) is 0 Å². The van der Waals surface area contributed by atoms with Crippen LogP contribution in [-0.4, -0.2) is 58.1 Å². The van der Waals surface area contributed by atoms with Crippen molar-refractivity contribution in [2.75, 3.05) is 26.8 Å². The van der Waals surface area contributed by atoms with Gasteiger partial charge in [0.05, 0.1) is 38.4 Å². The Hall–Kier alpha value is -2.78. The summed E-state index contributed by atoms with van der Waals surface area (Å²) in [7, 11) is 1.64. The Balaban J connectivity index is 1.59. The SMILES string of the molecule is COc1ccc2[nH]c(=O)c([C@H](c3nnnn3C[C@H]3CCCO3)[NH+]3CCCC3)cc2c1. The number of hydrogen-bond donors (Lipinski definition) is 2. The summed E-state index contributed by atoms with van der Waals surface area (Å²) in [5.41, 5.74) is 1.39. The zero-order valence-corrected chi connectivity index (χ0v) is 17.1. The average Bonchev–Trinajstić information content (AvgIpc) is 3.53. The maximum atomic E-state index is 13.1. The molecule has 4 heterocycles. The molecule has 0 spiro atoms. The highest BCUT2D eigenvalue weighted by Crippen LogP contribution is 2.23. The largest absolute Gasteiger partial charge is 0.497 e. The van der Waals surface area contributed by atoms with E-state index in [2.05, 4.69) is 20.5 Å². The summed E-state index contributed by atoms with van der Waals surface area (Å²) in [6.45, 7) is 3.39. The number of aromatic nitrogens is 5. The van der Waals surface area contributed by atoms with E-state index in [9.17, 15) is 4.79 Å². The van der Waals surface area contributed by atoms with Crippen molar-refractivity contribution in [1.82, 2.24) is 25.2 Å². The van der Waals surface area contributed by atoms with E-state index < -0.39 is 0 Å². The topological polar surface area (TPSA) is 99.4 Å². The fourth-order valence-electron chi connectivity index (χ4n) is 4.73. The number of benzene rings is 1. The maximum absolute atomic E-state index is 13.1. The molecule has 30 heavy (non-hydrogen) atoms. The molecule has 0 bridgehead atoms. The molecule has 2 fully saturated rings. The quantitative estimate of drug-likeness (QED) is 0.612. The minimum Gasteiger partial charge on any atom is -0.497 e. The van der Waals surface area contributed by atoms with Gasteiger partial charge in [-0.05, 0) is 47.5 Å². The van der Waals surface area contributed by atoms with Gasteiger partial charge in [0.15, 0.2) is 6.04 Å². The van der Waals surface area contributed by atoms with Gasteiger partial charge in [-0.1, -0.05) is 0 Å². The Kier molecular flexibility index (Phi) is 5.22. The van der Waals surface area contributed by atoms with Crippen LogP contribution in [0.15, 0.2) is 29.1 Å². The number of nitrogens with zero attached hydrogens (tertiary/aromatic N) is 4. The van der Waals surface area contributed by atoms with Crippen LogP contribution >= 0.6 is 0 Å². The summed E-state index contributed by atoms with van der Waals surface area (Å²) in [5, 5.41) is 13.5. The van der Waals surface area contributed by atoms with Gasteiger partial charge in [-0.2, -0.15) is 0 Å². The van der Waals surface area contributed by atoms with Crippen molar-refractivity contribution in [3.63, 3.8) is 0 Å². The Morgan fingerprint density at radius 2 is 2.17 bits per heavy atom. The summed E-state index contributed by atoms with van der Waals surface area (Å²) < 4.78 is 13.0. The number of ether oxygens (including phenoxy) is 2. The third-order valence-electron chi connectivity index (χ3n) is 6.26. The van der Waals surface area contributed by atoms with E-state index in [1.54, 1.807) is 7.11 Å². The molecule has 0 amide bonds. The molecule has 1 aromatic carbocycles. The van der Waals surface area contributed by atoms with Gasteiger partial charge >= 0.3 is 0 Å². The molecule has 0 radical (unpaired) electrons. The van der Waals surface area contributed by atoms with Gasteiger partial charge in [0.1, 0.15) is 5.75 Å². The molecule has 0 saturated carbocycles. The molecular weight excluding hydrogens is 384 g/mol. The molecule has 2 atom stereocenters. The van der Waals surface area contributed by atoms with E-state index in [4.69, 9.17) is 9.47 Å². The zero-order chi connectivity index (χ0) is 20.5. The molecule has 158 valence electrons. The smallest absolute Gasteiger partial charge is 0.258 e. The first-order valence-corrected chi connectivity index (χ1v) is 10.7. The van der Waals surface area contributed by atoms with Crippen molar-refractivity contribution < 1.29 is 14.4 Å². The Morgan fingerprint density at radius 3 is 2.93 bits per heavy atom. The predicted molar refractivity (Wildman–Crippen MR) is 110 cm³/mol. The molecule has 2 aliphatic heterocycles. The van der Waals surface area contributed by atoms with E-state index in [1.165, 1.54) is 4.90 Å². The predicted octanol–water partition coefficient (Wildman–Crippen LogP) is 0.470. The molecular formula is C21H27N6O3+. The number of tetrazole rings is 1. The van der Waals surface area contributed by atoms with Gasteiger partial charge in [0.2, 0.25) is 5.82 Å². The monoisotopic (exact) mass is 411 g/mol. The highest BCUT2D eigenvalue weighted by Gasteiger charge is 2.36. The lowest BCUT2D eigenvalue weighted by Gasteiger charge is -2.24. The number of nitrogens with one attached hydrogen (secondary N) is 2. The minimum atomic E-state index is -0.219. The van der Waals surface area contributed by atoms with Gasteiger partial charge in [0, 0.05) is 30.4 Å². The first kappa shape index (κ1) is 19.2. The summed E-state index contributed by atoms with van der Waals surface area (Å²) >= 11 is 0. The molecule has 3 aromatic rings. The second-order valence-corrected chi connectivity index (χ2v) is 8.16. The summed E-state index contributed by atoms with van der Waals surface area (Å²) in [5.74, 6) is 1.49. The van der Waals surface area contributed by atoms with Crippen LogP contribution in [0.3, 0.4) is 0 Å². The fraction of sp³-hybridized carbons (Fsp3) is 0.524. The number of aromatic amines is 1. The fourth-order valence-corrected chi connectivity index (χ4v) is 4.73.